The van der Waals surface area contributed by atoms with E-state index in [1.165, 1.54) is 15.6 Å². The average Bonchev–Trinajstić information content (AvgIpc) is 2.16. The number of methoxy groups -OCH3 is 1. The van der Waals surface area contributed by atoms with Gasteiger partial charge in [-0.2, -0.15) is 0 Å². The van der Waals surface area contributed by atoms with E-state index in [4.69, 9.17) is 17.0 Å². The molecule has 1 aromatic heterocycles. The smallest absolute Gasteiger partial charge is 0.120 e. The lowest BCUT2D eigenvalue weighted by atomic mass is 10.2. The van der Waals surface area contributed by atoms with Gasteiger partial charge in [0.2, 0.25) is 0 Å². The lowest BCUT2D eigenvalue weighted by Crippen LogP contribution is -1.82. The lowest BCUT2D eigenvalue weighted by molar-refractivity contribution is 0.415. The standard InChI is InChI=1S/C11H10OS2/c1-7-5-11(13)14-10-6-8(12-2)3-4-9(7)10/h3-6H,1-2H3. The molecule has 0 N–H and O–H groups in total. The van der Waals surface area contributed by atoms with E-state index in [9.17, 15) is 0 Å². The molecule has 1 aromatic carbocycles. The number of fused-ring (bicyclic) bond motifs is 1. The zero-order chi connectivity index (χ0) is 10.1. The molecule has 0 bridgehead atoms. The summed E-state index contributed by atoms with van der Waals surface area (Å²) in [6, 6.07) is 8.12. The molecule has 2 rings (SSSR count). The molecule has 0 aliphatic carbocycles. The number of aryl methyl sites for hydroxylation is 1. The third-order valence-corrected chi connectivity index (χ3v) is 3.40. The van der Waals surface area contributed by atoms with E-state index < -0.39 is 0 Å². The Morgan fingerprint density at radius 3 is 2.79 bits per heavy atom. The first-order valence-corrected chi connectivity index (χ1v) is 5.51. The summed E-state index contributed by atoms with van der Waals surface area (Å²) in [5, 5.41) is 1.25. The molecule has 0 fully saturated rings. The minimum atomic E-state index is 0.883. The lowest BCUT2D eigenvalue weighted by Gasteiger charge is -2.03. The maximum Gasteiger partial charge on any atom is 0.120 e. The number of ether oxygens (including phenoxy) is 1. The average molecular weight is 222 g/mol. The van der Waals surface area contributed by atoms with Crippen LogP contribution < -0.4 is 4.74 Å². The van der Waals surface area contributed by atoms with Crippen molar-refractivity contribution in [2.45, 2.75) is 6.92 Å². The first-order valence-electron chi connectivity index (χ1n) is 4.29. The van der Waals surface area contributed by atoms with Crippen LogP contribution in [0.2, 0.25) is 0 Å². The van der Waals surface area contributed by atoms with Crippen LogP contribution in [0.5, 0.6) is 5.75 Å². The van der Waals surface area contributed by atoms with Crippen LogP contribution in [0.15, 0.2) is 24.3 Å². The molecule has 0 saturated carbocycles. The Bertz CT molecular complexity index is 528. The van der Waals surface area contributed by atoms with Crippen LogP contribution in [0.3, 0.4) is 0 Å². The second-order valence-corrected chi connectivity index (χ2v) is 4.89. The van der Waals surface area contributed by atoms with Crippen LogP contribution in [0, 0.1) is 10.7 Å². The van der Waals surface area contributed by atoms with Crippen LogP contribution >= 0.6 is 23.6 Å². The topological polar surface area (TPSA) is 9.23 Å². The van der Waals surface area contributed by atoms with E-state index in [1.807, 2.05) is 18.2 Å². The largest absolute Gasteiger partial charge is 0.497 e. The van der Waals surface area contributed by atoms with E-state index in [-0.39, 0.29) is 0 Å². The van der Waals surface area contributed by atoms with Crippen LogP contribution in [0.25, 0.3) is 10.1 Å². The number of hydrogen-bond donors (Lipinski definition) is 0. The Morgan fingerprint density at radius 2 is 2.07 bits per heavy atom. The highest BCUT2D eigenvalue weighted by Gasteiger charge is 2.00. The summed E-state index contributed by atoms with van der Waals surface area (Å²) >= 11 is 6.80. The fourth-order valence-corrected chi connectivity index (χ4v) is 2.84. The highest BCUT2D eigenvalue weighted by Crippen LogP contribution is 2.27. The Balaban J connectivity index is 2.82. The summed E-state index contributed by atoms with van der Waals surface area (Å²) < 4.78 is 7.28. The van der Waals surface area contributed by atoms with Gasteiger partial charge >= 0.3 is 0 Å². The van der Waals surface area contributed by atoms with Gasteiger partial charge in [-0.3, -0.25) is 0 Å². The van der Waals surface area contributed by atoms with Crippen LogP contribution in [0.1, 0.15) is 5.56 Å². The number of benzene rings is 1. The molecule has 0 unspecified atom stereocenters. The van der Waals surface area contributed by atoms with Crippen molar-refractivity contribution in [3.63, 3.8) is 0 Å². The minimum absolute atomic E-state index is 0.883. The fourth-order valence-electron chi connectivity index (χ4n) is 1.43. The third kappa shape index (κ3) is 1.65. The predicted octanol–water partition coefficient (Wildman–Crippen LogP) is 3.95. The Labute approximate surface area is 92.0 Å². The highest BCUT2D eigenvalue weighted by atomic mass is 32.1. The van der Waals surface area contributed by atoms with Gasteiger partial charge in [-0.15, -0.1) is 11.3 Å². The first kappa shape index (κ1) is 9.62. The van der Waals surface area contributed by atoms with Gasteiger partial charge in [0.15, 0.2) is 0 Å². The molecule has 0 aliphatic rings. The highest BCUT2D eigenvalue weighted by molar-refractivity contribution is 7.73. The summed E-state index contributed by atoms with van der Waals surface area (Å²) in [6.45, 7) is 2.08. The second kappa shape index (κ2) is 3.67. The van der Waals surface area contributed by atoms with Crippen molar-refractivity contribution in [1.29, 1.82) is 0 Å². The van der Waals surface area contributed by atoms with Crippen molar-refractivity contribution in [2.24, 2.45) is 0 Å². The van der Waals surface area contributed by atoms with E-state index in [0.717, 1.165) is 9.57 Å². The zero-order valence-corrected chi connectivity index (χ0v) is 9.67. The van der Waals surface area contributed by atoms with Gasteiger partial charge in [-0.1, -0.05) is 12.2 Å². The van der Waals surface area contributed by atoms with E-state index in [2.05, 4.69) is 13.0 Å². The van der Waals surface area contributed by atoms with Gasteiger partial charge in [-0.05, 0) is 42.1 Å². The van der Waals surface area contributed by atoms with Gasteiger partial charge < -0.3 is 4.74 Å². The Morgan fingerprint density at radius 1 is 1.29 bits per heavy atom. The van der Waals surface area contributed by atoms with Gasteiger partial charge in [-0.25, -0.2) is 0 Å². The molecular weight excluding hydrogens is 212 g/mol. The molecule has 2 aromatic rings. The monoisotopic (exact) mass is 222 g/mol. The van der Waals surface area contributed by atoms with E-state index in [0.29, 0.717) is 0 Å². The van der Waals surface area contributed by atoms with Gasteiger partial charge in [0.05, 0.1) is 10.9 Å². The predicted molar refractivity (Wildman–Crippen MR) is 63.9 cm³/mol. The van der Waals surface area contributed by atoms with Gasteiger partial charge in [0.25, 0.3) is 0 Å². The molecule has 1 nitrogen and oxygen atoms in total. The molecular formula is C11H10OS2. The zero-order valence-electron chi connectivity index (χ0n) is 8.03. The quantitative estimate of drug-likeness (QED) is 0.676. The minimum Gasteiger partial charge on any atom is -0.497 e. The van der Waals surface area contributed by atoms with Crippen molar-refractivity contribution in [3.05, 3.63) is 33.7 Å². The van der Waals surface area contributed by atoms with Gasteiger partial charge in [0.1, 0.15) is 5.75 Å². The van der Waals surface area contributed by atoms with Crippen molar-refractivity contribution in [3.8, 4) is 5.75 Å². The Hall–Kier alpha value is -0.930. The SMILES string of the molecule is COc1ccc2c(C)cc(=S)sc2c1. The van der Waals surface area contributed by atoms with Gasteiger partial charge in [0, 0.05) is 4.70 Å². The molecule has 0 saturated heterocycles. The molecule has 14 heavy (non-hydrogen) atoms. The van der Waals surface area contributed by atoms with Crippen molar-refractivity contribution < 1.29 is 4.74 Å². The summed E-state index contributed by atoms with van der Waals surface area (Å²) in [7, 11) is 1.68. The summed E-state index contributed by atoms with van der Waals surface area (Å²) in [6.07, 6.45) is 0. The van der Waals surface area contributed by atoms with E-state index in [1.54, 1.807) is 18.4 Å². The van der Waals surface area contributed by atoms with Crippen molar-refractivity contribution in [2.75, 3.05) is 7.11 Å². The summed E-state index contributed by atoms with van der Waals surface area (Å²) in [5.74, 6) is 0.883. The molecule has 0 aliphatic heterocycles. The molecule has 0 atom stereocenters. The molecule has 0 radical (unpaired) electrons. The summed E-state index contributed by atoms with van der Waals surface area (Å²) in [5.41, 5.74) is 1.23. The number of hydrogen-bond acceptors (Lipinski definition) is 3. The fraction of sp³-hybridized carbons (Fsp3) is 0.182. The third-order valence-electron chi connectivity index (χ3n) is 2.16. The normalized spacial score (nSPS) is 10.4. The maximum absolute atomic E-state index is 5.18. The molecule has 1 heterocycles. The molecule has 3 heteroatoms. The molecule has 72 valence electrons. The van der Waals surface area contributed by atoms with E-state index >= 15 is 0 Å². The number of rotatable bonds is 1. The molecule has 0 amide bonds. The second-order valence-electron chi connectivity index (χ2n) is 3.11. The molecule has 0 spiro atoms. The van der Waals surface area contributed by atoms with Crippen LogP contribution in [-0.4, -0.2) is 7.11 Å². The van der Waals surface area contributed by atoms with Crippen molar-refractivity contribution >= 4 is 33.6 Å². The Kier molecular flexibility index (Phi) is 2.52. The van der Waals surface area contributed by atoms with Crippen molar-refractivity contribution in [1.82, 2.24) is 0 Å². The van der Waals surface area contributed by atoms with Crippen LogP contribution in [-0.2, 0) is 0 Å². The first-order chi connectivity index (χ1) is 6.70. The van der Waals surface area contributed by atoms with Crippen LogP contribution in [0.4, 0.5) is 0 Å². The summed E-state index contributed by atoms with van der Waals surface area (Å²) in [4.78, 5) is 0. The maximum atomic E-state index is 5.18.